The van der Waals surface area contributed by atoms with E-state index in [0.717, 1.165) is 26.9 Å². The summed E-state index contributed by atoms with van der Waals surface area (Å²) in [5, 5.41) is 0. The summed E-state index contributed by atoms with van der Waals surface area (Å²) in [5.41, 5.74) is 4.36. The number of benzene rings is 3. The van der Waals surface area contributed by atoms with Crippen LogP contribution in [-0.4, -0.2) is 29.7 Å². The fourth-order valence-electron chi connectivity index (χ4n) is 4.07. The molecule has 3 aromatic carbocycles. The van der Waals surface area contributed by atoms with Crippen LogP contribution >= 0.6 is 11.3 Å². The van der Waals surface area contributed by atoms with E-state index < -0.39 is 15.9 Å². The number of rotatable bonds is 7. The molecule has 8 heteroatoms. The molecule has 0 aliphatic rings. The van der Waals surface area contributed by atoms with Gasteiger partial charge in [-0.3, -0.25) is 4.79 Å². The van der Waals surface area contributed by atoms with Crippen LogP contribution in [-0.2, 0) is 23.1 Å². The zero-order valence-electron chi connectivity index (χ0n) is 20.4. The van der Waals surface area contributed by atoms with Crippen molar-refractivity contribution in [3.05, 3.63) is 93.8 Å². The lowest BCUT2D eigenvalue weighted by molar-refractivity contribution is 0.0998. The molecule has 0 aliphatic heterocycles. The number of terminal acetylenes is 1. The first-order valence-electron chi connectivity index (χ1n) is 11.5. The first-order valence-corrected chi connectivity index (χ1v) is 13.8. The maximum atomic E-state index is 13.2. The Morgan fingerprint density at radius 1 is 1.08 bits per heavy atom. The van der Waals surface area contributed by atoms with Crippen molar-refractivity contribution in [2.24, 2.45) is 4.99 Å². The Hall–Kier alpha value is -3.51. The number of sulfonamides is 1. The molecule has 1 aromatic heterocycles. The fourth-order valence-corrected chi connectivity index (χ4v) is 6.58. The number of hydrogen-bond donors (Lipinski definition) is 0. The van der Waals surface area contributed by atoms with Gasteiger partial charge in [-0.1, -0.05) is 60.6 Å². The average molecular weight is 518 g/mol. The quantitative estimate of drug-likeness (QED) is 0.327. The molecule has 0 spiro atoms. The Morgan fingerprint density at radius 2 is 1.78 bits per heavy atom. The van der Waals surface area contributed by atoms with E-state index in [2.05, 4.69) is 17.0 Å². The monoisotopic (exact) mass is 517 g/mol. The molecule has 1 heterocycles. The van der Waals surface area contributed by atoms with Gasteiger partial charge in [-0.05, 0) is 60.9 Å². The van der Waals surface area contributed by atoms with Crippen molar-refractivity contribution in [2.45, 2.75) is 38.8 Å². The van der Waals surface area contributed by atoms with Gasteiger partial charge in [-0.2, -0.15) is 9.30 Å². The Morgan fingerprint density at radius 3 is 2.42 bits per heavy atom. The van der Waals surface area contributed by atoms with E-state index in [0.29, 0.717) is 23.5 Å². The molecule has 0 aliphatic carbocycles. The van der Waals surface area contributed by atoms with Crippen LogP contribution in [0.2, 0.25) is 0 Å². The molecule has 6 nitrogen and oxygen atoms in total. The van der Waals surface area contributed by atoms with Crippen molar-refractivity contribution >= 4 is 37.5 Å². The van der Waals surface area contributed by atoms with Gasteiger partial charge in [0, 0.05) is 18.7 Å². The Bertz CT molecular complexity index is 1630. The second-order valence-electron chi connectivity index (χ2n) is 8.46. The number of carbonyl (C=O) groups excluding carboxylic acids is 1. The van der Waals surface area contributed by atoms with Crippen LogP contribution in [0.15, 0.2) is 76.6 Å². The predicted molar refractivity (Wildman–Crippen MR) is 144 cm³/mol. The number of aryl methyl sites for hydroxylation is 2. The van der Waals surface area contributed by atoms with Gasteiger partial charge in [0.2, 0.25) is 10.0 Å². The highest BCUT2D eigenvalue weighted by molar-refractivity contribution is 7.89. The molecule has 0 fully saturated rings. The summed E-state index contributed by atoms with van der Waals surface area (Å²) in [6.45, 7) is 6.73. The number of hydrogen-bond acceptors (Lipinski definition) is 4. The maximum absolute atomic E-state index is 13.2. The van der Waals surface area contributed by atoms with Gasteiger partial charge in [0.25, 0.3) is 5.91 Å². The van der Waals surface area contributed by atoms with Crippen LogP contribution in [0, 0.1) is 26.2 Å². The van der Waals surface area contributed by atoms with Crippen molar-refractivity contribution in [1.82, 2.24) is 8.87 Å². The third-order valence-electron chi connectivity index (χ3n) is 5.85. The van der Waals surface area contributed by atoms with Crippen LogP contribution in [0.1, 0.15) is 34.0 Å². The van der Waals surface area contributed by atoms with E-state index in [1.54, 1.807) is 6.92 Å². The van der Waals surface area contributed by atoms with Crippen molar-refractivity contribution in [3.8, 4) is 12.3 Å². The second kappa shape index (κ2) is 10.6. The molecule has 0 atom stereocenters. The molecule has 0 N–H and O–H groups in total. The van der Waals surface area contributed by atoms with E-state index >= 15 is 0 Å². The van der Waals surface area contributed by atoms with Gasteiger partial charge < -0.3 is 4.57 Å². The van der Waals surface area contributed by atoms with E-state index in [1.165, 1.54) is 39.9 Å². The van der Waals surface area contributed by atoms with Crippen molar-refractivity contribution in [1.29, 1.82) is 0 Å². The summed E-state index contributed by atoms with van der Waals surface area (Å²) in [5.74, 6) is 2.18. The second-order valence-corrected chi connectivity index (χ2v) is 11.4. The highest BCUT2D eigenvalue weighted by Crippen LogP contribution is 2.24. The van der Waals surface area contributed by atoms with Crippen LogP contribution in [0.4, 0.5) is 0 Å². The van der Waals surface area contributed by atoms with Crippen LogP contribution in [0.25, 0.3) is 10.2 Å². The molecule has 0 radical (unpaired) electrons. The number of nitrogens with zero attached hydrogens (tertiary/aromatic N) is 3. The van der Waals surface area contributed by atoms with Gasteiger partial charge in [-0.15, -0.1) is 6.42 Å². The molecule has 4 aromatic rings. The molecule has 0 saturated heterocycles. The van der Waals surface area contributed by atoms with Crippen LogP contribution in [0.3, 0.4) is 0 Å². The minimum Gasteiger partial charge on any atom is -0.305 e. The first kappa shape index (κ1) is 25.6. The molecule has 1 amide bonds. The van der Waals surface area contributed by atoms with Gasteiger partial charge in [0.1, 0.15) is 0 Å². The summed E-state index contributed by atoms with van der Waals surface area (Å²) in [6, 6.07) is 19.5. The standard InChI is InChI=1S/C28H27N3O3S2/c1-5-16-31-25-18-20(3)17-21(4)26(25)35-28(31)29-27(32)23-12-14-24(15-13-23)36(33,34)30(6-2)19-22-10-8-7-9-11-22/h1,7-15,17-18H,6,16,19H2,2-4H3. The smallest absolute Gasteiger partial charge is 0.279 e. The minimum atomic E-state index is -3.72. The lowest BCUT2D eigenvalue weighted by Crippen LogP contribution is -2.30. The number of thiazole rings is 1. The molecule has 36 heavy (non-hydrogen) atoms. The van der Waals surface area contributed by atoms with Crippen molar-refractivity contribution in [2.75, 3.05) is 6.54 Å². The molecule has 0 bridgehead atoms. The third kappa shape index (κ3) is 5.19. The molecule has 0 saturated carbocycles. The molecule has 0 unspecified atom stereocenters. The molecular weight excluding hydrogens is 490 g/mol. The fraction of sp³-hybridized carbons (Fsp3) is 0.214. The lowest BCUT2D eigenvalue weighted by atomic mass is 10.1. The van der Waals surface area contributed by atoms with Crippen molar-refractivity contribution in [3.63, 3.8) is 0 Å². The van der Waals surface area contributed by atoms with E-state index in [4.69, 9.17) is 6.42 Å². The maximum Gasteiger partial charge on any atom is 0.279 e. The van der Waals surface area contributed by atoms with E-state index in [9.17, 15) is 13.2 Å². The molecular formula is C28H27N3O3S2. The third-order valence-corrected chi connectivity index (χ3v) is 9.02. The van der Waals surface area contributed by atoms with Crippen LogP contribution < -0.4 is 4.80 Å². The van der Waals surface area contributed by atoms with E-state index in [1.807, 2.05) is 54.8 Å². The minimum absolute atomic E-state index is 0.132. The first-order chi connectivity index (χ1) is 17.2. The topological polar surface area (TPSA) is 71.7 Å². The zero-order valence-corrected chi connectivity index (χ0v) is 22.1. The highest BCUT2D eigenvalue weighted by atomic mass is 32.2. The number of carbonyl (C=O) groups is 1. The summed E-state index contributed by atoms with van der Waals surface area (Å²) in [7, 11) is -3.72. The Balaban J connectivity index is 1.65. The van der Waals surface area contributed by atoms with Gasteiger partial charge in [0.15, 0.2) is 4.80 Å². The lowest BCUT2D eigenvalue weighted by Gasteiger charge is -2.20. The van der Waals surface area contributed by atoms with Crippen LogP contribution in [0.5, 0.6) is 0 Å². The predicted octanol–water partition coefficient (Wildman–Crippen LogP) is 4.90. The molecule has 4 rings (SSSR count). The number of fused-ring (bicyclic) bond motifs is 1. The average Bonchev–Trinajstić information content (AvgIpc) is 3.20. The zero-order chi connectivity index (χ0) is 25.9. The Kier molecular flexibility index (Phi) is 7.55. The normalized spacial score (nSPS) is 12.2. The van der Waals surface area contributed by atoms with Gasteiger partial charge >= 0.3 is 0 Å². The van der Waals surface area contributed by atoms with Gasteiger partial charge in [-0.25, -0.2) is 8.42 Å². The summed E-state index contributed by atoms with van der Waals surface area (Å²) in [4.78, 5) is 18.0. The largest absolute Gasteiger partial charge is 0.305 e. The SMILES string of the molecule is C#CCn1c(=NC(=O)c2ccc(S(=O)(=O)N(CC)Cc3ccccc3)cc2)sc2c(C)cc(C)cc21. The Labute approximate surface area is 215 Å². The van der Waals surface area contributed by atoms with E-state index in [-0.39, 0.29) is 11.4 Å². The van der Waals surface area contributed by atoms with Gasteiger partial charge in [0.05, 0.1) is 21.7 Å². The summed E-state index contributed by atoms with van der Waals surface area (Å²) < 4.78 is 30.7. The van der Waals surface area contributed by atoms with Crippen molar-refractivity contribution < 1.29 is 13.2 Å². The molecule has 184 valence electrons. The summed E-state index contributed by atoms with van der Waals surface area (Å²) in [6.07, 6.45) is 5.59. The highest BCUT2D eigenvalue weighted by Gasteiger charge is 2.23. The number of aromatic nitrogens is 1. The number of amides is 1. The summed E-state index contributed by atoms with van der Waals surface area (Å²) >= 11 is 1.41.